The predicted octanol–water partition coefficient (Wildman–Crippen LogP) is 1.53. The Morgan fingerprint density at radius 3 is 2.33 bits per heavy atom. The van der Waals surface area contributed by atoms with Crippen LogP contribution in [0.4, 0.5) is 0 Å². The Kier molecular flexibility index (Phi) is 7.21. The van der Waals surface area contributed by atoms with Gasteiger partial charge in [-0.2, -0.15) is 0 Å². The van der Waals surface area contributed by atoms with Crippen molar-refractivity contribution in [2.75, 3.05) is 52.9 Å². The molecule has 1 aromatic heterocycles. The molecule has 27 heavy (non-hydrogen) atoms. The third-order valence-electron chi connectivity index (χ3n) is 6.39. The maximum absolute atomic E-state index is 12.9. The SMILES string of the molecule is CCN1CCN(C(=O)[C@H](C)N(C)C2CCN(Cc3ccncc3)CC2)CC1. The van der Waals surface area contributed by atoms with Crippen LogP contribution in [0.25, 0.3) is 0 Å². The van der Waals surface area contributed by atoms with Gasteiger partial charge in [0.2, 0.25) is 5.91 Å². The average Bonchev–Trinajstić information content (AvgIpc) is 2.73. The summed E-state index contributed by atoms with van der Waals surface area (Å²) in [6, 6.07) is 4.65. The first kappa shape index (κ1) is 20.2. The lowest BCUT2D eigenvalue weighted by molar-refractivity contribution is -0.138. The molecule has 0 N–H and O–H groups in total. The van der Waals surface area contributed by atoms with Gasteiger partial charge in [-0.05, 0) is 64.1 Å². The van der Waals surface area contributed by atoms with Gasteiger partial charge in [0.05, 0.1) is 6.04 Å². The second-order valence-corrected chi connectivity index (χ2v) is 7.96. The highest BCUT2D eigenvalue weighted by Crippen LogP contribution is 2.20. The summed E-state index contributed by atoms with van der Waals surface area (Å²) in [6.45, 7) is 12.3. The summed E-state index contributed by atoms with van der Waals surface area (Å²) < 4.78 is 0. The molecule has 1 atom stereocenters. The van der Waals surface area contributed by atoms with Gasteiger partial charge in [0.25, 0.3) is 0 Å². The minimum atomic E-state index is -0.0325. The molecule has 0 saturated carbocycles. The normalized spacial score (nSPS) is 21.6. The molecule has 2 saturated heterocycles. The van der Waals surface area contributed by atoms with Gasteiger partial charge in [-0.1, -0.05) is 6.92 Å². The van der Waals surface area contributed by atoms with Gasteiger partial charge in [0.1, 0.15) is 0 Å². The minimum Gasteiger partial charge on any atom is -0.339 e. The Morgan fingerprint density at radius 2 is 1.74 bits per heavy atom. The van der Waals surface area contributed by atoms with Crippen molar-refractivity contribution in [2.24, 2.45) is 0 Å². The smallest absolute Gasteiger partial charge is 0.239 e. The van der Waals surface area contributed by atoms with E-state index in [1.165, 1.54) is 5.56 Å². The number of pyridine rings is 1. The van der Waals surface area contributed by atoms with Gasteiger partial charge in [-0.3, -0.25) is 19.6 Å². The molecule has 0 aliphatic carbocycles. The molecular weight excluding hydrogens is 338 g/mol. The van der Waals surface area contributed by atoms with Crippen LogP contribution in [-0.4, -0.2) is 95.4 Å². The highest BCUT2D eigenvalue weighted by Gasteiger charge is 2.31. The Hall–Kier alpha value is -1.50. The molecule has 2 aliphatic heterocycles. The van der Waals surface area contributed by atoms with Crippen LogP contribution < -0.4 is 0 Å². The van der Waals surface area contributed by atoms with E-state index in [2.05, 4.69) is 57.6 Å². The largest absolute Gasteiger partial charge is 0.339 e. The number of amides is 1. The number of aromatic nitrogens is 1. The van der Waals surface area contributed by atoms with Crippen molar-refractivity contribution in [1.82, 2.24) is 24.6 Å². The zero-order chi connectivity index (χ0) is 19.2. The molecule has 3 heterocycles. The molecule has 2 fully saturated rings. The van der Waals surface area contributed by atoms with Crippen molar-refractivity contribution in [1.29, 1.82) is 0 Å². The van der Waals surface area contributed by atoms with Crippen molar-refractivity contribution in [3.05, 3.63) is 30.1 Å². The van der Waals surface area contributed by atoms with E-state index >= 15 is 0 Å². The van der Waals surface area contributed by atoms with Crippen molar-refractivity contribution in [3.63, 3.8) is 0 Å². The van der Waals surface area contributed by atoms with Gasteiger partial charge >= 0.3 is 0 Å². The standard InChI is InChI=1S/C21H35N5O/c1-4-24-13-15-26(16-14-24)21(27)18(2)23(3)20-7-11-25(12-8-20)17-19-5-9-22-10-6-19/h5-6,9-10,18,20H,4,7-8,11-17H2,1-3H3/t18-/m0/s1. The first-order valence-corrected chi connectivity index (χ1v) is 10.4. The minimum absolute atomic E-state index is 0.0325. The van der Waals surface area contributed by atoms with E-state index in [1.807, 2.05) is 12.4 Å². The third-order valence-corrected chi connectivity index (χ3v) is 6.39. The zero-order valence-corrected chi connectivity index (χ0v) is 17.2. The lowest BCUT2D eigenvalue weighted by Crippen LogP contribution is -2.56. The second-order valence-electron chi connectivity index (χ2n) is 7.96. The number of hydrogen-bond donors (Lipinski definition) is 0. The van der Waals surface area contributed by atoms with Crippen LogP contribution in [0.15, 0.2) is 24.5 Å². The summed E-state index contributed by atoms with van der Waals surface area (Å²) in [5, 5.41) is 0. The molecule has 2 aliphatic rings. The lowest BCUT2D eigenvalue weighted by atomic mass is 10.0. The van der Waals surface area contributed by atoms with E-state index in [9.17, 15) is 4.79 Å². The van der Waals surface area contributed by atoms with Crippen molar-refractivity contribution < 1.29 is 4.79 Å². The highest BCUT2D eigenvalue weighted by atomic mass is 16.2. The molecule has 1 amide bonds. The molecule has 1 aromatic rings. The Morgan fingerprint density at radius 1 is 1.11 bits per heavy atom. The number of piperidine rings is 1. The highest BCUT2D eigenvalue weighted by molar-refractivity contribution is 5.81. The molecule has 0 spiro atoms. The Bertz CT molecular complexity index is 579. The van der Waals surface area contributed by atoms with Gasteiger partial charge in [0.15, 0.2) is 0 Å². The number of rotatable bonds is 6. The molecular formula is C21H35N5O. The molecule has 6 nitrogen and oxygen atoms in total. The molecule has 3 rings (SSSR count). The second kappa shape index (κ2) is 9.62. The number of piperazine rings is 1. The molecule has 0 bridgehead atoms. The maximum Gasteiger partial charge on any atom is 0.239 e. The van der Waals surface area contributed by atoms with Crippen LogP contribution in [0.2, 0.25) is 0 Å². The number of hydrogen-bond acceptors (Lipinski definition) is 5. The monoisotopic (exact) mass is 373 g/mol. The zero-order valence-electron chi connectivity index (χ0n) is 17.2. The van der Waals surface area contributed by atoms with Crippen molar-refractivity contribution in [3.8, 4) is 0 Å². The van der Waals surface area contributed by atoms with Crippen LogP contribution in [0, 0.1) is 0 Å². The van der Waals surface area contributed by atoms with E-state index in [0.29, 0.717) is 11.9 Å². The van der Waals surface area contributed by atoms with E-state index < -0.39 is 0 Å². The summed E-state index contributed by atoms with van der Waals surface area (Å²) in [4.78, 5) is 26.3. The van der Waals surface area contributed by atoms with Crippen LogP contribution in [0.1, 0.15) is 32.3 Å². The van der Waals surface area contributed by atoms with E-state index in [0.717, 1.165) is 65.2 Å². The Balaban J connectivity index is 1.45. The average molecular weight is 374 g/mol. The summed E-state index contributed by atoms with van der Waals surface area (Å²) in [7, 11) is 2.13. The van der Waals surface area contributed by atoms with Crippen molar-refractivity contribution >= 4 is 5.91 Å². The molecule has 0 aromatic carbocycles. The molecule has 6 heteroatoms. The summed E-state index contributed by atoms with van der Waals surface area (Å²) in [6.07, 6.45) is 5.98. The van der Waals surface area contributed by atoms with Crippen LogP contribution in [0.3, 0.4) is 0 Å². The van der Waals surface area contributed by atoms with Gasteiger partial charge in [-0.25, -0.2) is 0 Å². The van der Waals surface area contributed by atoms with Crippen LogP contribution >= 0.6 is 0 Å². The van der Waals surface area contributed by atoms with Gasteiger partial charge in [-0.15, -0.1) is 0 Å². The first-order valence-electron chi connectivity index (χ1n) is 10.4. The van der Waals surface area contributed by atoms with E-state index in [4.69, 9.17) is 0 Å². The third kappa shape index (κ3) is 5.27. The molecule has 0 radical (unpaired) electrons. The number of likely N-dealkylation sites (tertiary alicyclic amines) is 1. The summed E-state index contributed by atoms with van der Waals surface area (Å²) in [5.74, 6) is 0.299. The molecule has 150 valence electrons. The number of carbonyl (C=O) groups is 1. The van der Waals surface area contributed by atoms with Gasteiger partial charge < -0.3 is 9.80 Å². The topological polar surface area (TPSA) is 42.9 Å². The van der Waals surface area contributed by atoms with Crippen LogP contribution in [0.5, 0.6) is 0 Å². The van der Waals surface area contributed by atoms with Crippen LogP contribution in [-0.2, 0) is 11.3 Å². The maximum atomic E-state index is 12.9. The summed E-state index contributed by atoms with van der Waals surface area (Å²) in [5.41, 5.74) is 1.33. The Labute approximate surface area is 164 Å². The fourth-order valence-electron chi connectivity index (χ4n) is 4.27. The summed E-state index contributed by atoms with van der Waals surface area (Å²) >= 11 is 0. The first-order chi connectivity index (χ1) is 13.1. The quantitative estimate of drug-likeness (QED) is 0.757. The fourth-order valence-corrected chi connectivity index (χ4v) is 4.27. The predicted molar refractivity (Wildman–Crippen MR) is 108 cm³/mol. The number of likely N-dealkylation sites (N-methyl/N-ethyl adjacent to an activating group) is 2. The van der Waals surface area contributed by atoms with Crippen molar-refractivity contribution in [2.45, 2.75) is 45.3 Å². The number of carbonyl (C=O) groups excluding carboxylic acids is 1. The lowest BCUT2D eigenvalue weighted by Gasteiger charge is -2.41. The fraction of sp³-hybridized carbons (Fsp3) is 0.714. The number of nitrogens with zero attached hydrogens (tertiary/aromatic N) is 5. The van der Waals surface area contributed by atoms with E-state index in [-0.39, 0.29) is 6.04 Å². The van der Waals surface area contributed by atoms with Gasteiger partial charge in [0, 0.05) is 51.2 Å². The molecule has 0 unspecified atom stereocenters. The van der Waals surface area contributed by atoms with E-state index in [1.54, 1.807) is 0 Å².